The molecule has 2 atom stereocenters. The Morgan fingerprint density at radius 1 is 1.43 bits per heavy atom. The van der Waals surface area contributed by atoms with Crippen LogP contribution in [0.1, 0.15) is 23.6 Å². The Hall–Kier alpha value is -1.83. The van der Waals surface area contributed by atoms with Crippen molar-refractivity contribution in [3.05, 3.63) is 35.1 Å². The third-order valence-corrected chi connectivity index (χ3v) is 4.05. The Bertz CT molecular complexity index is 577. The van der Waals surface area contributed by atoms with Crippen LogP contribution in [-0.4, -0.2) is 41.9 Å². The van der Waals surface area contributed by atoms with E-state index in [-0.39, 0.29) is 19.0 Å². The highest BCUT2D eigenvalue weighted by molar-refractivity contribution is 5.66. The Balaban J connectivity index is 2.19. The van der Waals surface area contributed by atoms with Crippen molar-refractivity contribution in [3.8, 4) is 0 Å². The molecule has 1 fully saturated rings. The molecular weight excluding hydrogens is 316 g/mol. The number of benzene rings is 1. The molecule has 0 spiro atoms. The van der Waals surface area contributed by atoms with Gasteiger partial charge in [-0.15, -0.1) is 0 Å². The molecular formula is C15H18F4N2O2. The van der Waals surface area contributed by atoms with Crippen molar-refractivity contribution in [3.63, 3.8) is 0 Å². The zero-order valence-electron chi connectivity index (χ0n) is 12.5. The summed E-state index contributed by atoms with van der Waals surface area (Å²) in [6, 6.07) is 3.47. The normalized spacial score (nSPS) is 21.7. The number of nitrogens with one attached hydrogen (secondary N) is 1. The zero-order valence-corrected chi connectivity index (χ0v) is 12.5. The van der Waals surface area contributed by atoms with Crippen LogP contribution < -0.4 is 5.32 Å². The van der Waals surface area contributed by atoms with E-state index in [1.807, 2.05) is 0 Å². The van der Waals surface area contributed by atoms with Gasteiger partial charge in [0, 0.05) is 13.1 Å². The van der Waals surface area contributed by atoms with Crippen molar-refractivity contribution in [1.82, 2.24) is 10.2 Å². The van der Waals surface area contributed by atoms with Crippen LogP contribution in [0.3, 0.4) is 0 Å². The van der Waals surface area contributed by atoms with Crippen LogP contribution >= 0.6 is 0 Å². The summed E-state index contributed by atoms with van der Waals surface area (Å²) in [4.78, 5) is 12.6. The minimum atomic E-state index is -4.31. The lowest BCUT2D eigenvalue weighted by Gasteiger charge is -2.28. The molecule has 8 heteroatoms. The monoisotopic (exact) mass is 334 g/mol. The van der Waals surface area contributed by atoms with Gasteiger partial charge in [-0.1, -0.05) is 6.07 Å². The fourth-order valence-electron chi connectivity index (χ4n) is 3.08. The topological polar surface area (TPSA) is 52.6 Å². The van der Waals surface area contributed by atoms with Crippen molar-refractivity contribution < 1.29 is 27.5 Å². The summed E-state index contributed by atoms with van der Waals surface area (Å²) in [6.45, 7) is 0.836. The van der Waals surface area contributed by atoms with E-state index in [9.17, 15) is 27.5 Å². The zero-order chi connectivity index (χ0) is 17.2. The highest BCUT2D eigenvalue weighted by Crippen LogP contribution is 2.38. The third-order valence-electron chi connectivity index (χ3n) is 4.05. The van der Waals surface area contributed by atoms with Gasteiger partial charge in [-0.05, 0) is 42.5 Å². The molecule has 2 unspecified atom stereocenters. The van der Waals surface area contributed by atoms with Gasteiger partial charge in [0.2, 0.25) is 0 Å². The van der Waals surface area contributed by atoms with E-state index in [0.717, 1.165) is 0 Å². The minimum absolute atomic E-state index is 0.0464. The average molecular weight is 334 g/mol. The lowest BCUT2D eigenvalue weighted by Crippen LogP contribution is -2.36. The summed E-state index contributed by atoms with van der Waals surface area (Å²) in [5.41, 5.74) is 1.22. The number of aryl methyl sites for hydroxylation is 1. The smallest absolute Gasteiger partial charge is 0.407 e. The van der Waals surface area contributed by atoms with Crippen LogP contribution in [0.25, 0.3) is 0 Å². The van der Waals surface area contributed by atoms with Crippen LogP contribution in [0, 0.1) is 18.7 Å². The highest BCUT2D eigenvalue weighted by atomic mass is 19.4. The van der Waals surface area contributed by atoms with Gasteiger partial charge in [-0.3, -0.25) is 0 Å². The molecule has 23 heavy (non-hydrogen) atoms. The largest absolute Gasteiger partial charge is 0.465 e. The van der Waals surface area contributed by atoms with Gasteiger partial charge in [0.1, 0.15) is 5.82 Å². The third kappa shape index (κ3) is 4.34. The number of halogens is 4. The Morgan fingerprint density at radius 3 is 2.70 bits per heavy atom. The Labute approximate surface area is 131 Å². The number of amides is 1. The van der Waals surface area contributed by atoms with Crippen LogP contribution in [0.5, 0.6) is 0 Å². The summed E-state index contributed by atoms with van der Waals surface area (Å²) < 4.78 is 50.0. The van der Waals surface area contributed by atoms with E-state index >= 15 is 0 Å². The number of carboxylic acid groups (broad SMARTS) is 1. The fourth-order valence-corrected chi connectivity index (χ4v) is 3.08. The van der Waals surface area contributed by atoms with Crippen LogP contribution in [0.4, 0.5) is 22.4 Å². The Morgan fingerprint density at radius 2 is 2.13 bits per heavy atom. The lowest BCUT2D eigenvalue weighted by molar-refractivity contribution is -0.125. The average Bonchev–Trinajstić information content (AvgIpc) is 2.81. The van der Waals surface area contributed by atoms with Gasteiger partial charge in [0.05, 0.1) is 12.6 Å². The molecule has 4 nitrogen and oxygen atoms in total. The number of hydrogen-bond acceptors (Lipinski definition) is 2. The summed E-state index contributed by atoms with van der Waals surface area (Å²) in [5.74, 6) is -0.726. The molecule has 0 bridgehead atoms. The van der Waals surface area contributed by atoms with E-state index in [1.165, 1.54) is 23.1 Å². The van der Waals surface area contributed by atoms with Crippen molar-refractivity contribution in [2.75, 3.05) is 19.6 Å². The van der Waals surface area contributed by atoms with E-state index in [2.05, 4.69) is 5.32 Å². The Kier molecular flexibility index (Phi) is 5.13. The maximum absolute atomic E-state index is 13.3. The number of nitrogens with zero attached hydrogens (tertiary/aromatic N) is 1. The first-order valence-corrected chi connectivity index (χ1v) is 7.22. The predicted molar refractivity (Wildman–Crippen MR) is 75.6 cm³/mol. The second-order valence-electron chi connectivity index (χ2n) is 5.72. The van der Waals surface area contributed by atoms with Crippen molar-refractivity contribution in [1.29, 1.82) is 0 Å². The molecule has 1 aliphatic heterocycles. The molecule has 128 valence electrons. The second-order valence-corrected chi connectivity index (χ2v) is 5.72. The van der Waals surface area contributed by atoms with E-state index in [1.54, 1.807) is 6.92 Å². The van der Waals surface area contributed by atoms with Crippen molar-refractivity contribution in [2.24, 2.45) is 5.92 Å². The molecule has 0 aliphatic carbocycles. The SMILES string of the molecule is Cc1cc(F)ccc1C1C(CNCC(F)(F)F)CCN1C(=O)O. The first-order valence-electron chi connectivity index (χ1n) is 7.22. The van der Waals surface area contributed by atoms with Gasteiger partial charge < -0.3 is 15.3 Å². The maximum Gasteiger partial charge on any atom is 0.407 e. The van der Waals surface area contributed by atoms with Gasteiger partial charge in [-0.25, -0.2) is 9.18 Å². The maximum atomic E-state index is 13.3. The van der Waals surface area contributed by atoms with Gasteiger partial charge >= 0.3 is 12.3 Å². The molecule has 0 saturated carbocycles. The van der Waals surface area contributed by atoms with Gasteiger partial charge in [0.15, 0.2) is 0 Å². The molecule has 2 N–H and O–H groups in total. The van der Waals surface area contributed by atoms with Crippen LogP contribution in [-0.2, 0) is 0 Å². The number of rotatable bonds is 4. The fraction of sp³-hybridized carbons (Fsp3) is 0.533. The summed E-state index contributed by atoms with van der Waals surface area (Å²) in [5, 5.41) is 11.7. The number of likely N-dealkylation sites (tertiary alicyclic amines) is 1. The van der Waals surface area contributed by atoms with E-state index in [4.69, 9.17) is 0 Å². The quantitative estimate of drug-likeness (QED) is 0.831. The molecule has 1 saturated heterocycles. The van der Waals surface area contributed by atoms with Crippen LogP contribution in [0.15, 0.2) is 18.2 Å². The summed E-state index contributed by atoms with van der Waals surface area (Å²) in [6.07, 6.45) is -4.98. The molecule has 1 aromatic carbocycles. The van der Waals surface area contributed by atoms with Crippen LogP contribution in [0.2, 0.25) is 0 Å². The lowest BCUT2D eigenvalue weighted by atomic mass is 9.90. The minimum Gasteiger partial charge on any atom is -0.465 e. The van der Waals surface area contributed by atoms with Crippen molar-refractivity contribution in [2.45, 2.75) is 25.6 Å². The molecule has 1 heterocycles. The first-order chi connectivity index (χ1) is 10.7. The van der Waals surface area contributed by atoms with E-state index < -0.39 is 30.7 Å². The second kappa shape index (κ2) is 6.74. The summed E-state index contributed by atoms with van der Waals surface area (Å²) >= 11 is 0. The van der Waals surface area contributed by atoms with Gasteiger partial charge in [0.25, 0.3) is 0 Å². The molecule has 1 aliphatic rings. The highest BCUT2D eigenvalue weighted by Gasteiger charge is 2.39. The predicted octanol–water partition coefficient (Wildman–Crippen LogP) is 3.33. The number of carbonyl (C=O) groups is 1. The molecule has 1 amide bonds. The molecule has 1 aromatic rings. The standard InChI is InChI=1S/C15H18F4N2O2/c1-9-6-11(16)2-3-12(9)13-10(4-5-21(13)14(22)23)7-20-8-15(17,18)19/h2-3,6,10,13,20H,4-5,7-8H2,1H3,(H,22,23). The van der Waals surface area contributed by atoms with Gasteiger partial charge in [-0.2, -0.15) is 13.2 Å². The number of alkyl halides is 3. The number of hydrogen-bond donors (Lipinski definition) is 2. The van der Waals surface area contributed by atoms with Crippen molar-refractivity contribution >= 4 is 6.09 Å². The molecule has 0 radical (unpaired) electrons. The summed E-state index contributed by atoms with van der Waals surface area (Å²) in [7, 11) is 0. The molecule has 2 rings (SSSR count). The first kappa shape index (κ1) is 17.5. The van der Waals surface area contributed by atoms with E-state index in [0.29, 0.717) is 17.5 Å². The molecule has 0 aromatic heterocycles.